The Labute approximate surface area is 126 Å². The van der Waals surface area contributed by atoms with E-state index in [4.69, 9.17) is 4.74 Å². The van der Waals surface area contributed by atoms with E-state index in [2.05, 4.69) is 5.32 Å². The number of likely N-dealkylation sites (N-methyl/N-ethyl adjacent to an activating group) is 1. The number of thiophene rings is 1. The lowest BCUT2D eigenvalue weighted by Gasteiger charge is -2.30. The van der Waals surface area contributed by atoms with Crippen LogP contribution in [0.2, 0.25) is 0 Å². The van der Waals surface area contributed by atoms with Gasteiger partial charge in [-0.2, -0.15) is 0 Å². The quantitative estimate of drug-likeness (QED) is 0.928. The van der Waals surface area contributed by atoms with Gasteiger partial charge in [-0.15, -0.1) is 11.3 Å². The number of hydrogen-bond acceptors (Lipinski definition) is 4. The highest BCUT2D eigenvalue weighted by molar-refractivity contribution is 7.12. The van der Waals surface area contributed by atoms with Crippen molar-refractivity contribution in [3.8, 4) is 5.75 Å². The molecule has 2 aromatic rings. The minimum Gasteiger partial charge on any atom is -0.479 e. The molecule has 6 heteroatoms. The summed E-state index contributed by atoms with van der Waals surface area (Å²) in [5.41, 5.74) is 1.28. The molecule has 0 spiro atoms. The van der Waals surface area contributed by atoms with E-state index in [0.717, 1.165) is 0 Å². The summed E-state index contributed by atoms with van der Waals surface area (Å²) in [7, 11) is 1.70. The maximum Gasteiger partial charge on any atom is 0.267 e. The van der Waals surface area contributed by atoms with Gasteiger partial charge in [-0.25, -0.2) is 0 Å². The number of hydrogen-bond donors (Lipinski definition) is 1. The van der Waals surface area contributed by atoms with Crippen LogP contribution < -0.4 is 15.0 Å². The number of carbonyl (C=O) groups is 2. The zero-order valence-electron chi connectivity index (χ0n) is 11.6. The molecule has 21 heavy (non-hydrogen) atoms. The summed E-state index contributed by atoms with van der Waals surface area (Å²) >= 11 is 1.38. The predicted molar refractivity (Wildman–Crippen MR) is 82.2 cm³/mol. The number of nitrogens with zero attached hydrogens (tertiary/aromatic N) is 1. The van der Waals surface area contributed by atoms with Crippen LogP contribution in [-0.4, -0.2) is 25.0 Å². The highest BCUT2D eigenvalue weighted by atomic mass is 32.1. The number of fused-ring (bicyclic) bond motifs is 1. The van der Waals surface area contributed by atoms with Crippen molar-refractivity contribution in [2.75, 3.05) is 17.3 Å². The van der Waals surface area contributed by atoms with Gasteiger partial charge in [-0.1, -0.05) is 6.07 Å². The molecule has 0 bridgehead atoms. The van der Waals surface area contributed by atoms with Crippen molar-refractivity contribution in [3.05, 3.63) is 40.6 Å². The molecule has 5 nitrogen and oxygen atoms in total. The Hall–Kier alpha value is -2.34. The fourth-order valence-electron chi connectivity index (χ4n) is 2.19. The van der Waals surface area contributed by atoms with Crippen LogP contribution in [0.5, 0.6) is 5.75 Å². The summed E-state index contributed by atoms with van der Waals surface area (Å²) in [5.74, 6) is 0.368. The van der Waals surface area contributed by atoms with Gasteiger partial charge in [0.15, 0.2) is 6.10 Å². The van der Waals surface area contributed by atoms with Gasteiger partial charge in [0.2, 0.25) is 0 Å². The number of benzene rings is 1. The second kappa shape index (κ2) is 5.21. The van der Waals surface area contributed by atoms with Crippen molar-refractivity contribution in [2.45, 2.75) is 13.0 Å². The monoisotopic (exact) mass is 302 g/mol. The highest BCUT2D eigenvalue weighted by Gasteiger charge is 2.29. The molecule has 0 fully saturated rings. The van der Waals surface area contributed by atoms with Crippen LogP contribution in [0.4, 0.5) is 11.4 Å². The predicted octanol–water partition coefficient (Wildman–Crippen LogP) is 2.74. The first-order valence-corrected chi connectivity index (χ1v) is 7.37. The lowest BCUT2D eigenvalue weighted by Crippen LogP contribution is -2.41. The summed E-state index contributed by atoms with van der Waals surface area (Å²) < 4.78 is 5.54. The molecule has 1 atom stereocenters. The van der Waals surface area contributed by atoms with Crippen LogP contribution in [-0.2, 0) is 4.79 Å². The second-order valence-electron chi connectivity index (χ2n) is 4.77. The Morgan fingerprint density at radius 3 is 2.90 bits per heavy atom. The maximum absolute atomic E-state index is 12.0. The number of nitrogens with one attached hydrogen (secondary N) is 1. The van der Waals surface area contributed by atoms with Gasteiger partial charge in [0.1, 0.15) is 5.75 Å². The van der Waals surface area contributed by atoms with Gasteiger partial charge < -0.3 is 15.0 Å². The summed E-state index contributed by atoms with van der Waals surface area (Å²) in [5, 5.41) is 4.67. The number of amides is 2. The lowest BCUT2D eigenvalue weighted by atomic mass is 10.2. The Morgan fingerprint density at radius 2 is 2.19 bits per heavy atom. The van der Waals surface area contributed by atoms with E-state index < -0.39 is 6.10 Å². The van der Waals surface area contributed by atoms with Gasteiger partial charge in [0, 0.05) is 12.7 Å². The third kappa shape index (κ3) is 2.50. The van der Waals surface area contributed by atoms with Crippen LogP contribution >= 0.6 is 11.3 Å². The van der Waals surface area contributed by atoms with Crippen molar-refractivity contribution >= 4 is 34.5 Å². The third-order valence-electron chi connectivity index (χ3n) is 3.31. The van der Waals surface area contributed by atoms with Crippen LogP contribution in [0.3, 0.4) is 0 Å². The first-order chi connectivity index (χ1) is 10.1. The SMILES string of the molecule is C[C@@H]1Oc2ccc(NC(=O)c3cccs3)cc2N(C)C1=O. The maximum atomic E-state index is 12.0. The third-order valence-corrected chi connectivity index (χ3v) is 4.17. The molecular weight excluding hydrogens is 288 g/mol. The summed E-state index contributed by atoms with van der Waals surface area (Å²) in [6.45, 7) is 1.72. The van der Waals surface area contributed by atoms with E-state index >= 15 is 0 Å². The Morgan fingerprint density at radius 1 is 1.38 bits per heavy atom. The molecule has 1 aliphatic heterocycles. The number of anilines is 2. The van der Waals surface area contributed by atoms with Gasteiger partial charge >= 0.3 is 0 Å². The summed E-state index contributed by atoms with van der Waals surface area (Å²) in [4.78, 5) is 26.1. The molecule has 0 saturated carbocycles. The van der Waals surface area contributed by atoms with Gasteiger partial charge in [0.25, 0.3) is 11.8 Å². The van der Waals surface area contributed by atoms with E-state index in [0.29, 0.717) is 22.0 Å². The fourth-order valence-corrected chi connectivity index (χ4v) is 2.81. The molecule has 1 aromatic carbocycles. The molecule has 0 aliphatic carbocycles. The molecule has 2 amide bonds. The zero-order valence-corrected chi connectivity index (χ0v) is 12.4. The zero-order chi connectivity index (χ0) is 15.0. The van der Waals surface area contributed by atoms with E-state index in [1.807, 2.05) is 11.4 Å². The second-order valence-corrected chi connectivity index (χ2v) is 5.72. The van der Waals surface area contributed by atoms with Crippen molar-refractivity contribution in [1.82, 2.24) is 0 Å². The van der Waals surface area contributed by atoms with Crippen LogP contribution in [0.1, 0.15) is 16.6 Å². The smallest absolute Gasteiger partial charge is 0.267 e. The van der Waals surface area contributed by atoms with Crippen molar-refractivity contribution in [1.29, 1.82) is 0 Å². The highest BCUT2D eigenvalue weighted by Crippen LogP contribution is 2.35. The number of ether oxygens (including phenoxy) is 1. The first kappa shape index (κ1) is 13.6. The minimum absolute atomic E-state index is 0.107. The summed E-state index contributed by atoms with van der Waals surface area (Å²) in [6, 6.07) is 8.86. The lowest BCUT2D eigenvalue weighted by molar-refractivity contribution is -0.125. The Bertz CT molecular complexity index is 697. The van der Waals surface area contributed by atoms with Crippen LogP contribution in [0, 0.1) is 0 Å². The fraction of sp³-hybridized carbons (Fsp3) is 0.200. The number of rotatable bonds is 2. The average Bonchev–Trinajstić information content (AvgIpc) is 3.00. The molecule has 3 rings (SSSR count). The molecule has 1 N–H and O–H groups in total. The van der Waals surface area contributed by atoms with Crippen LogP contribution in [0.15, 0.2) is 35.7 Å². The van der Waals surface area contributed by atoms with Gasteiger partial charge in [-0.05, 0) is 36.6 Å². The van der Waals surface area contributed by atoms with E-state index in [1.165, 1.54) is 11.3 Å². The molecule has 0 unspecified atom stereocenters. The summed E-state index contributed by atoms with van der Waals surface area (Å²) in [6.07, 6.45) is -0.492. The van der Waals surface area contributed by atoms with Crippen molar-refractivity contribution in [3.63, 3.8) is 0 Å². The minimum atomic E-state index is -0.492. The van der Waals surface area contributed by atoms with E-state index in [1.54, 1.807) is 43.1 Å². The normalized spacial score (nSPS) is 17.1. The Balaban J connectivity index is 1.86. The van der Waals surface area contributed by atoms with Crippen molar-refractivity contribution < 1.29 is 14.3 Å². The van der Waals surface area contributed by atoms with Gasteiger partial charge in [-0.3, -0.25) is 9.59 Å². The number of carbonyl (C=O) groups excluding carboxylic acids is 2. The largest absolute Gasteiger partial charge is 0.479 e. The molecule has 2 heterocycles. The molecule has 108 valence electrons. The van der Waals surface area contributed by atoms with Gasteiger partial charge in [0.05, 0.1) is 10.6 Å². The molecular formula is C15H14N2O3S. The molecule has 1 aliphatic rings. The standard InChI is InChI=1S/C15H14N2O3S/c1-9-15(19)17(2)11-8-10(5-6-12(11)20-9)16-14(18)13-4-3-7-21-13/h3-9H,1-2H3,(H,16,18)/t9-/m0/s1. The Kier molecular flexibility index (Phi) is 3.39. The van der Waals surface area contributed by atoms with Crippen LogP contribution in [0.25, 0.3) is 0 Å². The van der Waals surface area contributed by atoms with Crippen molar-refractivity contribution in [2.24, 2.45) is 0 Å². The molecule has 1 aromatic heterocycles. The molecule has 0 saturated heterocycles. The van der Waals surface area contributed by atoms with E-state index in [9.17, 15) is 9.59 Å². The average molecular weight is 302 g/mol. The first-order valence-electron chi connectivity index (χ1n) is 6.49. The van der Waals surface area contributed by atoms with E-state index in [-0.39, 0.29) is 11.8 Å². The topological polar surface area (TPSA) is 58.6 Å². The molecule has 0 radical (unpaired) electrons.